The Bertz CT molecular complexity index is 723. The molecule has 2 aromatic rings. The zero-order valence-corrected chi connectivity index (χ0v) is 14.3. The Kier molecular flexibility index (Phi) is 5.06. The van der Waals surface area contributed by atoms with Gasteiger partial charge >= 0.3 is 6.03 Å². The number of carbonyl (C=O) groups is 1. The number of rotatable bonds is 3. The van der Waals surface area contributed by atoms with Crippen LogP contribution in [0.5, 0.6) is 0 Å². The molecule has 24 heavy (non-hydrogen) atoms. The van der Waals surface area contributed by atoms with Crippen molar-refractivity contribution in [2.24, 2.45) is 5.92 Å². The molecule has 1 aromatic carbocycles. The molecule has 1 aromatic heterocycles. The molecule has 2 N–H and O–H groups in total. The summed E-state index contributed by atoms with van der Waals surface area (Å²) in [5.74, 6) is 0.820. The molecule has 7 heteroatoms. The number of amides is 2. The highest BCUT2D eigenvalue weighted by Gasteiger charge is 2.23. The zero-order valence-electron chi connectivity index (χ0n) is 13.6. The fourth-order valence-corrected chi connectivity index (χ4v) is 3.10. The van der Waals surface area contributed by atoms with E-state index < -0.39 is 0 Å². The third-order valence-corrected chi connectivity index (χ3v) is 4.57. The monoisotopic (exact) mass is 348 g/mol. The highest BCUT2D eigenvalue weighted by Crippen LogP contribution is 2.20. The third kappa shape index (κ3) is 3.71. The molecule has 2 heterocycles. The standard InChI is InChI=1S/C17H21ClN4O2/c1-12-9-16(20-22(12)15-4-2-3-14(18)10-15)19-17(24)21-7-5-13(11-23)6-8-21/h2-4,9-10,13,23H,5-8,11H2,1H3,(H,19,20,24). The lowest BCUT2D eigenvalue weighted by Gasteiger charge is -2.30. The zero-order chi connectivity index (χ0) is 17.1. The molecule has 0 aliphatic carbocycles. The molecule has 1 saturated heterocycles. The van der Waals surface area contributed by atoms with Crippen molar-refractivity contribution in [2.75, 3.05) is 25.0 Å². The van der Waals surface area contributed by atoms with Crippen LogP contribution in [0.4, 0.5) is 10.6 Å². The molecule has 1 aliphatic rings. The second kappa shape index (κ2) is 7.23. The number of nitrogens with zero attached hydrogens (tertiary/aromatic N) is 3. The normalized spacial score (nSPS) is 15.5. The van der Waals surface area contributed by atoms with E-state index >= 15 is 0 Å². The van der Waals surface area contributed by atoms with Crippen LogP contribution in [0, 0.1) is 12.8 Å². The van der Waals surface area contributed by atoms with Crippen molar-refractivity contribution in [2.45, 2.75) is 19.8 Å². The molecule has 6 nitrogen and oxygen atoms in total. The molecule has 0 unspecified atom stereocenters. The van der Waals surface area contributed by atoms with E-state index in [1.165, 1.54) is 0 Å². The number of hydrogen-bond donors (Lipinski definition) is 2. The second-order valence-electron chi connectivity index (χ2n) is 6.11. The number of halogens is 1. The second-order valence-corrected chi connectivity index (χ2v) is 6.54. The summed E-state index contributed by atoms with van der Waals surface area (Å²) in [6.45, 7) is 3.44. The van der Waals surface area contributed by atoms with Crippen LogP contribution in [0.2, 0.25) is 5.02 Å². The van der Waals surface area contributed by atoms with Crippen LogP contribution in [-0.2, 0) is 0 Å². The SMILES string of the molecule is Cc1cc(NC(=O)N2CCC(CO)CC2)nn1-c1cccc(Cl)c1. The van der Waals surface area contributed by atoms with Crippen molar-refractivity contribution in [1.29, 1.82) is 0 Å². The number of hydrogen-bond acceptors (Lipinski definition) is 3. The summed E-state index contributed by atoms with van der Waals surface area (Å²) in [6.07, 6.45) is 1.67. The number of likely N-dealkylation sites (tertiary alicyclic amines) is 1. The first-order valence-corrected chi connectivity index (χ1v) is 8.44. The first-order chi connectivity index (χ1) is 11.6. The van der Waals surface area contributed by atoms with Crippen molar-refractivity contribution in [3.8, 4) is 5.69 Å². The van der Waals surface area contributed by atoms with Gasteiger partial charge in [-0.1, -0.05) is 17.7 Å². The lowest BCUT2D eigenvalue weighted by Crippen LogP contribution is -2.41. The Balaban J connectivity index is 1.68. The first kappa shape index (κ1) is 16.8. The predicted octanol–water partition coefficient (Wildman–Crippen LogP) is 3.07. The summed E-state index contributed by atoms with van der Waals surface area (Å²) in [5.41, 5.74) is 1.76. The summed E-state index contributed by atoms with van der Waals surface area (Å²) in [4.78, 5) is 14.1. The van der Waals surface area contributed by atoms with Gasteiger partial charge in [-0.15, -0.1) is 5.10 Å². The minimum atomic E-state index is -0.151. The third-order valence-electron chi connectivity index (χ3n) is 4.34. The van der Waals surface area contributed by atoms with Crippen LogP contribution >= 0.6 is 11.6 Å². The van der Waals surface area contributed by atoms with E-state index in [4.69, 9.17) is 11.6 Å². The maximum absolute atomic E-state index is 12.4. The van der Waals surface area contributed by atoms with Crippen LogP contribution in [0.1, 0.15) is 18.5 Å². The Labute approximate surface area is 146 Å². The highest BCUT2D eigenvalue weighted by atomic mass is 35.5. The number of urea groups is 1. The van der Waals surface area contributed by atoms with E-state index in [1.807, 2.05) is 37.3 Å². The number of nitrogens with one attached hydrogen (secondary N) is 1. The average Bonchev–Trinajstić information content (AvgIpc) is 2.95. The number of aliphatic hydroxyl groups is 1. The van der Waals surface area contributed by atoms with Gasteiger partial charge in [0, 0.05) is 36.5 Å². The Morgan fingerprint density at radius 3 is 2.79 bits per heavy atom. The molecule has 128 valence electrons. The quantitative estimate of drug-likeness (QED) is 0.895. The number of benzene rings is 1. The van der Waals surface area contributed by atoms with Gasteiger partial charge in [-0.3, -0.25) is 5.32 Å². The van der Waals surface area contributed by atoms with Gasteiger partial charge in [0.2, 0.25) is 0 Å². The van der Waals surface area contributed by atoms with Gasteiger partial charge in [-0.2, -0.15) is 0 Å². The minimum absolute atomic E-state index is 0.151. The molecule has 3 rings (SSSR count). The summed E-state index contributed by atoms with van der Waals surface area (Å²) >= 11 is 6.03. The van der Waals surface area contributed by atoms with Crippen molar-refractivity contribution in [3.05, 3.63) is 41.0 Å². The van der Waals surface area contributed by atoms with Crippen LogP contribution in [-0.4, -0.2) is 45.5 Å². The van der Waals surface area contributed by atoms with Gasteiger partial charge in [0.05, 0.1) is 5.69 Å². The van der Waals surface area contributed by atoms with E-state index in [2.05, 4.69) is 10.4 Å². The molecular formula is C17H21ClN4O2. The van der Waals surface area contributed by atoms with Gasteiger partial charge in [0.15, 0.2) is 5.82 Å². The maximum Gasteiger partial charge on any atom is 0.323 e. The van der Waals surface area contributed by atoms with E-state index in [1.54, 1.807) is 9.58 Å². The van der Waals surface area contributed by atoms with Crippen molar-refractivity contribution in [3.63, 3.8) is 0 Å². The Morgan fingerprint density at radius 1 is 1.38 bits per heavy atom. The van der Waals surface area contributed by atoms with E-state index in [0.717, 1.165) is 24.2 Å². The summed E-state index contributed by atoms with van der Waals surface area (Å²) < 4.78 is 1.75. The summed E-state index contributed by atoms with van der Waals surface area (Å²) in [6, 6.07) is 9.09. The van der Waals surface area contributed by atoms with E-state index in [9.17, 15) is 9.90 Å². The lowest BCUT2D eigenvalue weighted by molar-refractivity contribution is 0.143. The molecule has 0 radical (unpaired) electrons. The smallest absolute Gasteiger partial charge is 0.323 e. The van der Waals surface area contributed by atoms with E-state index in [-0.39, 0.29) is 12.6 Å². The molecule has 0 atom stereocenters. The summed E-state index contributed by atoms with van der Waals surface area (Å²) in [7, 11) is 0. The Hall–Kier alpha value is -2.05. The van der Waals surface area contributed by atoms with Gasteiger partial charge in [0.25, 0.3) is 0 Å². The number of aliphatic hydroxyl groups excluding tert-OH is 1. The fourth-order valence-electron chi connectivity index (χ4n) is 2.91. The number of anilines is 1. The van der Waals surface area contributed by atoms with Crippen molar-refractivity contribution >= 4 is 23.4 Å². The predicted molar refractivity (Wildman–Crippen MR) is 93.7 cm³/mol. The van der Waals surface area contributed by atoms with Gasteiger partial charge < -0.3 is 10.0 Å². The van der Waals surface area contributed by atoms with Gasteiger partial charge in [-0.05, 0) is 43.9 Å². The molecule has 1 fully saturated rings. The van der Waals surface area contributed by atoms with Gasteiger partial charge in [0.1, 0.15) is 0 Å². The van der Waals surface area contributed by atoms with Gasteiger partial charge in [-0.25, -0.2) is 9.48 Å². The van der Waals surface area contributed by atoms with Crippen molar-refractivity contribution < 1.29 is 9.90 Å². The van der Waals surface area contributed by atoms with Crippen LogP contribution in [0.3, 0.4) is 0 Å². The molecule has 0 spiro atoms. The largest absolute Gasteiger partial charge is 0.396 e. The molecular weight excluding hydrogens is 328 g/mol. The summed E-state index contributed by atoms with van der Waals surface area (Å²) in [5, 5.41) is 17.1. The average molecular weight is 349 g/mol. The number of aryl methyl sites for hydroxylation is 1. The Morgan fingerprint density at radius 2 is 2.12 bits per heavy atom. The molecule has 1 aliphatic heterocycles. The fraction of sp³-hybridized carbons (Fsp3) is 0.412. The molecule has 0 bridgehead atoms. The number of carbonyl (C=O) groups excluding carboxylic acids is 1. The topological polar surface area (TPSA) is 70.4 Å². The lowest BCUT2D eigenvalue weighted by atomic mass is 9.98. The van der Waals surface area contributed by atoms with Crippen LogP contribution in [0.25, 0.3) is 5.69 Å². The minimum Gasteiger partial charge on any atom is -0.396 e. The van der Waals surface area contributed by atoms with Crippen LogP contribution in [0.15, 0.2) is 30.3 Å². The number of piperidine rings is 1. The maximum atomic E-state index is 12.4. The van der Waals surface area contributed by atoms with Crippen molar-refractivity contribution in [1.82, 2.24) is 14.7 Å². The first-order valence-electron chi connectivity index (χ1n) is 8.06. The highest BCUT2D eigenvalue weighted by molar-refractivity contribution is 6.30. The number of aromatic nitrogens is 2. The molecule has 0 saturated carbocycles. The van der Waals surface area contributed by atoms with E-state index in [0.29, 0.717) is 29.8 Å². The molecule has 2 amide bonds. The van der Waals surface area contributed by atoms with Crippen LogP contribution < -0.4 is 5.32 Å².